The third-order valence-electron chi connectivity index (χ3n) is 5.83. The number of hydrogen-bond acceptors (Lipinski definition) is 7. The summed E-state index contributed by atoms with van der Waals surface area (Å²) in [4.78, 5) is 38.4. The van der Waals surface area contributed by atoms with E-state index in [2.05, 4.69) is 0 Å². The maximum atomic E-state index is 13.2. The lowest BCUT2D eigenvalue weighted by Crippen LogP contribution is -2.35. The van der Waals surface area contributed by atoms with Crippen molar-refractivity contribution in [3.8, 4) is 11.5 Å². The summed E-state index contributed by atoms with van der Waals surface area (Å²) in [5, 5.41) is 10.3. The van der Waals surface area contributed by atoms with Gasteiger partial charge in [-0.2, -0.15) is 0 Å². The van der Waals surface area contributed by atoms with Crippen molar-refractivity contribution >= 4 is 17.3 Å². The van der Waals surface area contributed by atoms with E-state index in [1.165, 1.54) is 25.3 Å². The Morgan fingerprint density at radius 1 is 1.21 bits per heavy atom. The molecule has 1 N–H and O–H groups in total. The van der Waals surface area contributed by atoms with Gasteiger partial charge in [0.05, 0.1) is 30.6 Å². The number of methoxy groups -OCH3 is 1. The number of ether oxygens (including phenoxy) is 3. The van der Waals surface area contributed by atoms with Crippen molar-refractivity contribution in [2.24, 2.45) is 11.8 Å². The van der Waals surface area contributed by atoms with Crippen LogP contribution in [0.3, 0.4) is 0 Å². The van der Waals surface area contributed by atoms with Crippen LogP contribution in [-0.2, 0) is 14.3 Å². The van der Waals surface area contributed by atoms with Crippen LogP contribution in [0.5, 0.6) is 11.5 Å². The number of benzene rings is 1. The van der Waals surface area contributed by atoms with Crippen molar-refractivity contribution in [3.05, 3.63) is 46.2 Å². The van der Waals surface area contributed by atoms with E-state index in [1.807, 2.05) is 6.92 Å². The lowest BCUT2D eigenvalue weighted by molar-refractivity contribution is -0.131. The van der Waals surface area contributed by atoms with Crippen molar-refractivity contribution in [1.82, 2.24) is 0 Å². The van der Waals surface area contributed by atoms with E-state index in [0.717, 1.165) is 6.42 Å². The van der Waals surface area contributed by atoms with Gasteiger partial charge >= 0.3 is 0 Å². The highest BCUT2D eigenvalue weighted by atomic mass is 16.7. The molecule has 1 aliphatic heterocycles. The topological polar surface area (TPSA) is 99.1 Å². The van der Waals surface area contributed by atoms with E-state index < -0.39 is 17.9 Å². The van der Waals surface area contributed by atoms with Crippen LogP contribution in [0.4, 0.5) is 0 Å². The predicted octanol–water partition coefficient (Wildman–Crippen LogP) is 2.97. The summed E-state index contributed by atoms with van der Waals surface area (Å²) in [5.41, 5.74) is 0.210. The fourth-order valence-corrected chi connectivity index (χ4v) is 4.14. The molecule has 0 aromatic heterocycles. The van der Waals surface area contributed by atoms with Crippen molar-refractivity contribution in [2.45, 2.75) is 33.0 Å². The highest BCUT2D eigenvalue weighted by Gasteiger charge is 2.42. The monoisotopic (exact) mass is 398 g/mol. The lowest BCUT2D eigenvalue weighted by atomic mass is 9.82. The van der Waals surface area contributed by atoms with Crippen LogP contribution in [0.1, 0.15) is 47.4 Å². The molecule has 0 bridgehead atoms. The van der Waals surface area contributed by atoms with Crippen LogP contribution < -0.4 is 4.74 Å². The molecule has 29 heavy (non-hydrogen) atoms. The number of fused-ring (bicyclic) bond motifs is 1. The molecule has 1 aromatic carbocycles. The van der Waals surface area contributed by atoms with E-state index in [9.17, 15) is 19.5 Å². The van der Waals surface area contributed by atoms with Crippen molar-refractivity contribution < 1.29 is 33.7 Å². The smallest absolute Gasteiger partial charge is 0.230 e. The van der Waals surface area contributed by atoms with Gasteiger partial charge in [0, 0.05) is 29.5 Å². The highest BCUT2D eigenvalue weighted by Crippen LogP contribution is 2.40. The molecule has 0 spiro atoms. The minimum atomic E-state index is -1.11. The van der Waals surface area contributed by atoms with Crippen LogP contribution in [0.15, 0.2) is 35.1 Å². The van der Waals surface area contributed by atoms with Gasteiger partial charge in [-0.25, -0.2) is 0 Å². The number of hydrogen-bond donors (Lipinski definition) is 1. The summed E-state index contributed by atoms with van der Waals surface area (Å²) in [6, 6.07) is 2.72. The number of carbonyl (C=O) groups excluding carboxylic acids is 3. The summed E-state index contributed by atoms with van der Waals surface area (Å²) in [7, 11) is 1.41. The van der Waals surface area contributed by atoms with Crippen LogP contribution >= 0.6 is 0 Å². The number of ketones is 3. The summed E-state index contributed by atoms with van der Waals surface area (Å²) in [6.07, 6.45) is 1.72. The zero-order valence-corrected chi connectivity index (χ0v) is 16.5. The number of Topliss-reactive ketones (excluding diaryl/α,β-unsaturated/α-hetero) is 3. The Bertz CT molecular complexity index is 985. The predicted molar refractivity (Wildman–Crippen MR) is 102 cm³/mol. The normalized spacial score (nSPS) is 26.1. The van der Waals surface area contributed by atoms with Gasteiger partial charge in [0.1, 0.15) is 17.3 Å². The van der Waals surface area contributed by atoms with Gasteiger partial charge in [0.25, 0.3) is 0 Å². The van der Waals surface area contributed by atoms with Gasteiger partial charge in [0.2, 0.25) is 12.1 Å². The van der Waals surface area contributed by atoms with Crippen molar-refractivity contribution in [3.63, 3.8) is 0 Å². The van der Waals surface area contributed by atoms with Crippen LogP contribution in [0.2, 0.25) is 0 Å². The second kappa shape index (κ2) is 7.15. The molecule has 3 aliphatic rings. The molecule has 7 heteroatoms. The Kier molecular flexibility index (Phi) is 4.78. The molecule has 0 amide bonds. The molecule has 1 fully saturated rings. The Morgan fingerprint density at radius 3 is 2.62 bits per heavy atom. The number of phenolic OH excluding ortho intramolecular Hbond substituents is 1. The number of carbonyl (C=O) groups is 3. The number of phenols is 1. The lowest BCUT2D eigenvalue weighted by Gasteiger charge is -2.31. The van der Waals surface area contributed by atoms with E-state index >= 15 is 0 Å². The maximum Gasteiger partial charge on any atom is 0.230 e. The SMILES string of the molecule is COc1cc(O)c2c(c1)C(=O)C1=C(C2=O)[C@H](OC[C@@H]2C(=O)CC[C@@H]2C)OC(C)=C1. The van der Waals surface area contributed by atoms with Gasteiger partial charge in [-0.15, -0.1) is 0 Å². The van der Waals surface area contributed by atoms with Crippen LogP contribution in [0.25, 0.3) is 0 Å². The zero-order chi connectivity index (χ0) is 20.9. The number of allylic oxidation sites excluding steroid dienone is 3. The third kappa shape index (κ3) is 3.15. The van der Waals surface area contributed by atoms with Gasteiger partial charge in [-0.1, -0.05) is 6.92 Å². The maximum absolute atomic E-state index is 13.2. The molecule has 0 unspecified atom stereocenters. The second-order valence-corrected chi connectivity index (χ2v) is 7.68. The minimum Gasteiger partial charge on any atom is -0.507 e. The molecule has 0 radical (unpaired) electrons. The molecular weight excluding hydrogens is 376 g/mol. The summed E-state index contributed by atoms with van der Waals surface area (Å²) in [5.74, 6) is -0.508. The molecule has 1 saturated carbocycles. The average Bonchev–Trinajstić information content (AvgIpc) is 3.00. The first-order valence-electron chi connectivity index (χ1n) is 9.55. The van der Waals surface area contributed by atoms with E-state index in [1.54, 1.807) is 6.92 Å². The molecule has 1 heterocycles. The molecule has 2 aliphatic carbocycles. The zero-order valence-electron chi connectivity index (χ0n) is 16.5. The summed E-state index contributed by atoms with van der Waals surface area (Å²) in [6.45, 7) is 3.77. The number of aromatic hydroxyl groups is 1. The first-order valence-corrected chi connectivity index (χ1v) is 9.55. The van der Waals surface area contributed by atoms with Gasteiger partial charge < -0.3 is 19.3 Å². The summed E-state index contributed by atoms with van der Waals surface area (Å²) < 4.78 is 16.6. The Morgan fingerprint density at radius 2 is 1.97 bits per heavy atom. The first-order chi connectivity index (χ1) is 13.8. The molecule has 3 atom stereocenters. The quantitative estimate of drug-likeness (QED) is 0.832. The molecule has 4 rings (SSSR count). The van der Waals surface area contributed by atoms with E-state index in [4.69, 9.17) is 14.2 Å². The van der Waals surface area contributed by atoms with Gasteiger partial charge in [-0.05, 0) is 31.4 Å². The van der Waals surface area contributed by atoms with Crippen LogP contribution in [0, 0.1) is 11.8 Å². The minimum absolute atomic E-state index is 0.0478. The third-order valence-corrected chi connectivity index (χ3v) is 5.83. The van der Waals surface area contributed by atoms with Crippen molar-refractivity contribution in [2.75, 3.05) is 13.7 Å². The average molecular weight is 398 g/mol. The van der Waals surface area contributed by atoms with Gasteiger partial charge in [-0.3, -0.25) is 14.4 Å². The molecule has 152 valence electrons. The Hall–Kier alpha value is -2.93. The van der Waals surface area contributed by atoms with Crippen molar-refractivity contribution in [1.29, 1.82) is 0 Å². The summed E-state index contributed by atoms with van der Waals surface area (Å²) >= 11 is 0. The van der Waals surface area contributed by atoms with Crippen LogP contribution in [-0.4, -0.2) is 42.5 Å². The molecular formula is C22H22O7. The fourth-order valence-electron chi connectivity index (χ4n) is 4.14. The molecule has 1 aromatic rings. The largest absolute Gasteiger partial charge is 0.507 e. The highest BCUT2D eigenvalue weighted by molar-refractivity contribution is 6.29. The molecule has 7 nitrogen and oxygen atoms in total. The van der Waals surface area contributed by atoms with E-state index in [-0.39, 0.29) is 58.0 Å². The van der Waals surface area contributed by atoms with E-state index in [0.29, 0.717) is 12.2 Å². The Balaban J connectivity index is 1.70. The molecule has 0 saturated heterocycles. The standard InChI is InChI=1S/C22H22O7/c1-10-4-5-16(23)15(10)9-28-22-19-13(6-11(2)29-22)20(25)14-7-12(27-3)8-17(24)18(14)21(19)26/h6-8,10,15,22,24H,4-5,9H2,1-3H3/t10-,15-,22+/m0/s1. The fraction of sp³-hybridized carbons (Fsp3) is 0.409. The second-order valence-electron chi connectivity index (χ2n) is 7.68. The first kappa shape index (κ1) is 19.4. The number of rotatable bonds is 4. The Labute approximate surface area is 167 Å². The van der Waals surface area contributed by atoms with Gasteiger partial charge in [0.15, 0.2) is 5.78 Å².